The summed E-state index contributed by atoms with van der Waals surface area (Å²) in [5, 5.41) is -0.335. The maximum Gasteiger partial charge on any atom is 0.491 e. The maximum absolute atomic E-state index is 15.0. The minimum Gasteiger partial charge on any atom is -0.419 e. The van der Waals surface area contributed by atoms with E-state index in [0.717, 1.165) is 6.07 Å². The largest absolute Gasteiger partial charge is 0.491 e. The van der Waals surface area contributed by atoms with Crippen LogP contribution in [0.15, 0.2) is 29.2 Å². The molecule has 1 aromatic carbocycles. The van der Waals surface area contributed by atoms with Crippen LogP contribution in [0.4, 0.5) is 17.6 Å². The Balaban J connectivity index is 1.80. The van der Waals surface area contributed by atoms with Crippen molar-refractivity contribution in [1.82, 2.24) is 9.88 Å². The number of alkyl halides is 3. The number of amides is 1. The van der Waals surface area contributed by atoms with Crippen molar-refractivity contribution in [3.8, 4) is 5.75 Å². The van der Waals surface area contributed by atoms with Crippen molar-refractivity contribution >= 4 is 23.5 Å². The molecular weight excluding hydrogens is 470 g/mol. The fourth-order valence-corrected chi connectivity index (χ4v) is 3.87. The number of hydrogen-bond acceptors (Lipinski definition) is 5. The molecule has 1 aromatic heterocycles. The molecule has 1 aliphatic rings. The molecule has 0 spiro atoms. The zero-order valence-electron chi connectivity index (χ0n) is 17.3. The molecule has 7 nitrogen and oxygen atoms in total. The van der Waals surface area contributed by atoms with Crippen molar-refractivity contribution in [1.29, 1.82) is 0 Å². The summed E-state index contributed by atoms with van der Waals surface area (Å²) in [5.74, 6) is -4.95. The van der Waals surface area contributed by atoms with Gasteiger partial charge in [-0.05, 0) is 43.4 Å². The van der Waals surface area contributed by atoms with Gasteiger partial charge in [-0.1, -0.05) is 11.6 Å². The van der Waals surface area contributed by atoms with Crippen LogP contribution < -0.4 is 16.0 Å². The highest BCUT2D eigenvalue weighted by Crippen LogP contribution is 2.40. The second-order valence-electron chi connectivity index (χ2n) is 7.72. The van der Waals surface area contributed by atoms with Crippen LogP contribution in [0.3, 0.4) is 0 Å². The van der Waals surface area contributed by atoms with Crippen LogP contribution in [0.2, 0.25) is 5.02 Å². The monoisotopic (exact) mass is 489 g/mol. The minimum atomic E-state index is -5.28. The number of carbonyl (C=O) groups excluding carboxylic acids is 2. The van der Waals surface area contributed by atoms with E-state index in [1.54, 1.807) is 0 Å². The zero-order chi connectivity index (χ0) is 24.5. The average molecular weight is 490 g/mol. The van der Waals surface area contributed by atoms with E-state index in [1.165, 1.54) is 30.2 Å². The van der Waals surface area contributed by atoms with E-state index in [9.17, 15) is 31.9 Å². The Morgan fingerprint density at radius 1 is 1.27 bits per heavy atom. The second-order valence-corrected chi connectivity index (χ2v) is 8.10. The lowest BCUT2D eigenvalue weighted by molar-refractivity contribution is -0.189. The number of pyridine rings is 1. The van der Waals surface area contributed by atoms with Crippen molar-refractivity contribution in [2.75, 3.05) is 13.1 Å². The Bertz CT molecular complexity index is 1110. The van der Waals surface area contributed by atoms with Gasteiger partial charge in [-0.2, -0.15) is 13.2 Å². The fraction of sp³-hybridized carbons (Fsp3) is 0.381. The van der Waals surface area contributed by atoms with E-state index in [1.807, 2.05) is 0 Å². The Labute approximate surface area is 190 Å². The number of nitrogens with two attached hydrogens (primary N) is 1. The molecule has 0 aliphatic carbocycles. The highest BCUT2D eigenvalue weighted by atomic mass is 35.5. The van der Waals surface area contributed by atoms with E-state index in [4.69, 9.17) is 17.3 Å². The number of halogens is 5. The number of aromatic nitrogens is 1. The van der Waals surface area contributed by atoms with Crippen LogP contribution in [0, 0.1) is 18.7 Å². The van der Waals surface area contributed by atoms with E-state index < -0.39 is 41.2 Å². The smallest absolute Gasteiger partial charge is 0.419 e. The SMILES string of the molecule is Cc1cc(OC(=O)C(F)(F)F)c([C@H](N)C2CCN(C(=O)c3ccc(=O)[nH]c3)CC2)c(F)c1Cl. The number of nitrogens with one attached hydrogen (secondary N) is 1. The number of H-pyrrole nitrogens is 1. The van der Waals surface area contributed by atoms with Crippen molar-refractivity contribution in [2.24, 2.45) is 11.7 Å². The fourth-order valence-electron chi connectivity index (χ4n) is 3.71. The number of likely N-dealkylation sites (tertiary alicyclic amines) is 1. The molecule has 12 heteroatoms. The topological polar surface area (TPSA) is 105 Å². The summed E-state index contributed by atoms with van der Waals surface area (Å²) >= 11 is 5.94. The number of piperidine rings is 1. The number of carbonyl (C=O) groups is 2. The lowest BCUT2D eigenvalue weighted by atomic mass is 9.85. The van der Waals surface area contributed by atoms with Crippen molar-refractivity contribution < 1.29 is 31.9 Å². The van der Waals surface area contributed by atoms with Crippen LogP contribution in [-0.4, -0.2) is 41.0 Å². The van der Waals surface area contributed by atoms with Gasteiger partial charge in [0.2, 0.25) is 5.56 Å². The number of ether oxygens (including phenoxy) is 1. The van der Waals surface area contributed by atoms with Gasteiger partial charge in [-0.15, -0.1) is 0 Å². The molecule has 0 bridgehead atoms. The molecule has 1 saturated heterocycles. The summed E-state index contributed by atoms with van der Waals surface area (Å²) in [4.78, 5) is 39.1. The Morgan fingerprint density at radius 2 is 1.91 bits per heavy atom. The number of nitrogens with zero attached hydrogens (tertiary/aromatic N) is 1. The first-order valence-electron chi connectivity index (χ1n) is 9.91. The highest BCUT2D eigenvalue weighted by Gasteiger charge is 2.42. The molecule has 2 aromatic rings. The third-order valence-corrected chi connectivity index (χ3v) is 5.99. The predicted molar refractivity (Wildman–Crippen MR) is 110 cm³/mol. The van der Waals surface area contributed by atoms with Gasteiger partial charge >= 0.3 is 12.1 Å². The molecule has 2 heterocycles. The summed E-state index contributed by atoms with van der Waals surface area (Å²) in [5.41, 5.74) is 5.80. The molecule has 178 valence electrons. The molecule has 1 amide bonds. The molecule has 1 atom stereocenters. The van der Waals surface area contributed by atoms with Crippen molar-refractivity contribution in [2.45, 2.75) is 32.0 Å². The third kappa shape index (κ3) is 5.36. The standard InChI is InChI=1S/C21H20ClF4N3O4/c1-10-8-13(33-20(32)21(24,25)26)15(17(23)16(10)22)18(27)11-4-6-29(7-5-11)19(31)12-2-3-14(30)28-9-12/h2-3,8-9,11,18H,4-7,27H2,1H3,(H,28,30)/t18-/m1/s1. The number of benzene rings is 1. The first kappa shape index (κ1) is 24.7. The Kier molecular flexibility index (Phi) is 7.13. The number of aryl methyl sites for hydroxylation is 1. The van der Waals surface area contributed by atoms with Gasteiger partial charge in [-0.3, -0.25) is 9.59 Å². The highest BCUT2D eigenvalue weighted by molar-refractivity contribution is 6.31. The molecular formula is C21H20ClF4N3O4. The van der Waals surface area contributed by atoms with E-state index in [-0.39, 0.29) is 40.7 Å². The average Bonchev–Trinajstić information content (AvgIpc) is 2.77. The van der Waals surface area contributed by atoms with Gasteiger partial charge in [0.25, 0.3) is 5.91 Å². The van der Waals surface area contributed by atoms with Crippen LogP contribution in [0.25, 0.3) is 0 Å². The van der Waals surface area contributed by atoms with Crippen LogP contribution >= 0.6 is 11.6 Å². The van der Waals surface area contributed by atoms with E-state index >= 15 is 0 Å². The Hall–Kier alpha value is -2.92. The summed E-state index contributed by atoms with van der Waals surface area (Å²) in [6.07, 6.45) is -3.35. The summed E-state index contributed by atoms with van der Waals surface area (Å²) < 4.78 is 57.5. The van der Waals surface area contributed by atoms with Gasteiger partial charge in [0.15, 0.2) is 5.82 Å². The minimum absolute atomic E-state index is 0.0800. The molecule has 1 aliphatic heterocycles. The normalized spacial score (nSPS) is 15.9. The molecule has 3 N–H and O–H groups in total. The van der Waals surface area contributed by atoms with Gasteiger partial charge in [0.1, 0.15) is 5.75 Å². The molecule has 0 saturated carbocycles. The molecule has 3 rings (SSSR count). The number of esters is 1. The van der Waals surface area contributed by atoms with E-state index in [2.05, 4.69) is 9.72 Å². The van der Waals surface area contributed by atoms with Gasteiger partial charge in [0.05, 0.1) is 10.6 Å². The number of hydrogen-bond donors (Lipinski definition) is 2. The lowest BCUT2D eigenvalue weighted by Gasteiger charge is -2.35. The number of rotatable bonds is 4. The Morgan fingerprint density at radius 3 is 2.45 bits per heavy atom. The summed E-state index contributed by atoms with van der Waals surface area (Å²) in [6.45, 7) is 1.84. The molecule has 1 fully saturated rings. The van der Waals surface area contributed by atoms with Crippen molar-refractivity contribution in [3.63, 3.8) is 0 Å². The maximum atomic E-state index is 15.0. The number of aromatic amines is 1. The second kappa shape index (κ2) is 9.52. The van der Waals surface area contributed by atoms with Crippen molar-refractivity contribution in [3.05, 3.63) is 62.3 Å². The molecule has 33 heavy (non-hydrogen) atoms. The first-order chi connectivity index (χ1) is 15.4. The lowest BCUT2D eigenvalue weighted by Crippen LogP contribution is -2.41. The van der Waals surface area contributed by atoms with E-state index in [0.29, 0.717) is 12.8 Å². The van der Waals surface area contributed by atoms with Gasteiger partial charge in [0, 0.05) is 37.0 Å². The summed E-state index contributed by atoms with van der Waals surface area (Å²) in [6, 6.07) is 2.52. The predicted octanol–water partition coefficient (Wildman–Crippen LogP) is 3.50. The summed E-state index contributed by atoms with van der Waals surface area (Å²) in [7, 11) is 0. The zero-order valence-corrected chi connectivity index (χ0v) is 18.1. The van der Waals surface area contributed by atoms with Gasteiger partial charge < -0.3 is 20.4 Å². The first-order valence-corrected chi connectivity index (χ1v) is 10.3. The third-order valence-electron chi connectivity index (χ3n) is 5.52. The van der Waals surface area contributed by atoms with Crippen LogP contribution in [0.1, 0.15) is 40.4 Å². The molecule has 0 radical (unpaired) electrons. The van der Waals surface area contributed by atoms with Crippen LogP contribution in [-0.2, 0) is 4.79 Å². The van der Waals surface area contributed by atoms with Gasteiger partial charge in [-0.25, -0.2) is 9.18 Å². The quantitative estimate of drug-likeness (QED) is 0.388. The van der Waals surface area contributed by atoms with Crippen LogP contribution in [0.5, 0.6) is 5.75 Å². The molecule has 0 unspecified atom stereocenters.